The van der Waals surface area contributed by atoms with E-state index in [1.807, 2.05) is 0 Å². The van der Waals surface area contributed by atoms with Crippen molar-refractivity contribution >= 4 is 34.8 Å². The first kappa shape index (κ1) is 15.8. The minimum atomic E-state index is -0.302. The van der Waals surface area contributed by atoms with Gasteiger partial charge in [-0.2, -0.15) is 0 Å². The number of aromatic nitrogens is 3. The van der Waals surface area contributed by atoms with Gasteiger partial charge < -0.3 is 10.4 Å². The lowest BCUT2D eigenvalue weighted by atomic mass is 10.3. The molecule has 21 heavy (non-hydrogen) atoms. The van der Waals surface area contributed by atoms with E-state index < -0.39 is 0 Å². The summed E-state index contributed by atoms with van der Waals surface area (Å²) in [4.78, 5) is 12.0. The molecule has 8 heteroatoms. The smallest absolute Gasteiger partial charge is 0.246 e. The second-order valence-corrected chi connectivity index (χ2v) is 5.19. The summed E-state index contributed by atoms with van der Waals surface area (Å²) in [6.45, 7) is 0.103. The zero-order valence-corrected chi connectivity index (χ0v) is 12.6. The summed E-state index contributed by atoms with van der Waals surface area (Å²) in [7, 11) is 0. The van der Waals surface area contributed by atoms with E-state index in [9.17, 15) is 4.79 Å². The summed E-state index contributed by atoms with van der Waals surface area (Å²) in [5, 5.41) is 19.9. The highest BCUT2D eigenvalue weighted by molar-refractivity contribution is 6.39. The van der Waals surface area contributed by atoms with Crippen LogP contribution in [0.25, 0.3) is 0 Å². The highest BCUT2D eigenvalue weighted by Gasteiger charge is 2.11. The molecule has 2 rings (SSSR count). The minimum absolute atomic E-state index is 0.00762. The first-order valence-corrected chi connectivity index (χ1v) is 7.09. The molecule has 6 nitrogen and oxygen atoms in total. The molecular weight excluding hydrogens is 315 g/mol. The van der Waals surface area contributed by atoms with Gasteiger partial charge in [-0.15, -0.1) is 5.10 Å². The molecule has 1 amide bonds. The van der Waals surface area contributed by atoms with Crippen LogP contribution in [0.4, 0.5) is 5.69 Å². The van der Waals surface area contributed by atoms with Crippen LogP contribution in [-0.4, -0.2) is 32.6 Å². The van der Waals surface area contributed by atoms with Crippen molar-refractivity contribution in [3.8, 4) is 0 Å². The lowest BCUT2D eigenvalue weighted by Crippen LogP contribution is -2.19. The van der Waals surface area contributed by atoms with E-state index in [4.69, 9.17) is 28.3 Å². The van der Waals surface area contributed by atoms with Crippen molar-refractivity contribution in [2.45, 2.75) is 19.4 Å². The number of benzene rings is 1. The Labute approximate surface area is 131 Å². The fourth-order valence-corrected chi connectivity index (χ4v) is 2.23. The van der Waals surface area contributed by atoms with Gasteiger partial charge >= 0.3 is 0 Å². The van der Waals surface area contributed by atoms with E-state index >= 15 is 0 Å². The van der Waals surface area contributed by atoms with Crippen LogP contribution in [0.5, 0.6) is 0 Å². The number of carbonyl (C=O) groups is 1. The molecule has 2 aromatic rings. The Balaban J connectivity index is 1.97. The van der Waals surface area contributed by atoms with Gasteiger partial charge in [0.15, 0.2) is 0 Å². The van der Waals surface area contributed by atoms with Crippen molar-refractivity contribution in [3.63, 3.8) is 0 Å². The number of nitrogens with one attached hydrogen (secondary N) is 1. The first-order valence-electron chi connectivity index (χ1n) is 6.34. The number of nitrogens with zero attached hydrogens (tertiary/aromatic N) is 3. The number of rotatable bonds is 6. The van der Waals surface area contributed by atoms with Crippen molar-refractivity contribution in [2.24, 2.45) is 0 Å². The van der Waals surface area contributed by atoms with Gasteiger partial charge in [-0.25, -0.2) is 4.68 Å². The summed E-state index contributed by atoms with van der Waals surface area (Å²) in [5.41, 5.74) is 1.11. The fourth-order valence-electron chi connectivity index (χ4n) is 1.73. The van der Waals surface area contributed by atoms with Gasteiger partial charge in [0.2, 0.25) is 5.91 Å². The third-order valence-corrected chi connectivity index (χ3v) is 3.34. The monoisotopic (exact) mass is 328 g/mol. The molecule has 2 N–H and O–H groups in total. The topological polar surface area (TPSA) is 80.0 Å². The Morgan fingerprint density at radius 1 is 1.33 bits per heavy atom. The summed E-state index contributed by atoms with van der Waals surface area (Å²) in [5.74, 6) is -0.302. The van der Waals surface area contributed by atoms with Crippen molar-refractivity contribution in [2.75, 3.05) is 11.9 Å². The number of aryl methyl sites for hydroxylation is 1. The molecule has 0 spiro atoms. The van der Waals surface area contributed by atoms with Crippen molar-refractivity contribution in [1.29, 1.82) is 0 Å². The van der Waals surface area contributed by atoms with Crippen molar-refractivity contribution in [1.82, 2.24) is 15.0 Å². The Kier molecular flexibility index (Phi) is 5.55. The molecule has 1 aromatic heterocycles. The predicted octanol–water partition coefficient (Wildman–Crippen LogP) is 2.15. The third-order valence-electron chi connectivity index (χ3n) is 2.71. The molecule has 0 fully saturated rings. The Hall–Kier alpha value is -1.63. The van der Waals surface area contributed by atoms with Crippen molar-refractivity contribution in [3.05, 3.63) is 40.1 Å². The summed E-state index contributed by atoms with van der Waals surface area (Å²) < 4.78 is 1.42. The number of hydrogen-bond acceptors (Lipinski definition) is 4. The number of para-hydroxylation sites is 1. The average Bonchev–Trinajstić information content (AvgIpc) is 2.88. The molecule has 0 saturated heterocycles. The number of aliphatic hydroxyl groups is 1. The highest BCUT2D eigenvalue weighted by atomic mass is 35.5. The predicted molar refractivity (Wildman–Crippen MR) is 80.5 cm³/mol. The minimum Gasteiger partial charge on any atom is -0.396 e. The SMILES string of the molecule is O=C(Cn1cc(CCCO)nn1)Nc1c(Cl)cccc1Cl. The van der Waals surface area contributed by atoms with Gasteiger partial charge in [-0.3, -0.25) is 4.79 Å². The molecule has 1 heterocycles. The summed E-state index contributed by atoms with van der Waals surface area (Å²) in [6, 6.07) is 4.99. The molecule has 0 bridgehead atoms. The zero-order valence-electron chi connectivity index (χ0n) is 11.1. The van der Waals surface area contributed by atoms with E-state index in [0.29, 0.717) is 28.6 Å². The first-order chi connectivity index (χ1) is 10.1. The van der Waals surface area contributed by atoms with E-state index in [1.165, 1.54) is 4.68 Å². The van der Waals surface area contributed by atoms with Crippen LogP contribution < -0.4 is 5.32 Å². The molecule has 112 valence electrons. The van der Waals surface area contributed by atoms with Gasteiger partial charge in [-0.1, -0.05) is 34.5 Å². The highest BCUT2D eigenvalue weighted by Crippen LogP contribution is 2.29. The second-order valence-electron chi connectivity index (χ2n) is 4.38. The number of halogens is 2. The van der Waals surface area contributed by atoms with Crippen molar-refractivity contribution < 1.29 is 9.90 Å². The molecule has 1 aromatic carbocycles. The van der Waals surface area contributed by atoms with Crippen LogP contribution in [0.1, 0.15) is 12.1 Å². The molecule has 0 aliphatic rings. The largest absolute Gasteiger partial charge is 0.396 e. The molecular formula is C13H14Cl2N4O2. The Morgan fingerprint density at radius 2 is 2.05 bits per heavy atom. The van der Waals surface area contributed by atoms with Gasteiger partial charge in [-0.05, 0) is 25.0 Å². The average molecular weight is 329 g/mol. The van der Waals surface area contributed by atoms with Crippen LogP contribution in [0.2, 0.25) is 10.0 Å². The van der Waals surface area contributed by atoms with Gasteiger partial charge in [0, 0.05) is 12.8 Å². The van der Waals surface area contributed by atoms with E-state index in [1.54, 1.807) is 24.4 Å². The molecule has 0 saturated carbocycles. The lowest BCUT2D eigenvalue weighted by Gasteiger charge is -2.08. The number of carbonyl (C=O) groups excluding carboxylic acids is 1. The summed E-state index contributed by atoms with van der Waals surface area (Å²) in [6.07, 6.45) is 2.90. The second kappa shape index (κ2) is 7.40. The van der Waals surface area contributed by atoms with Crippen LogP contribution in [-0.2, 0) is 17.8 Å². The standard InChI is InChI=1S/C13H14Cl2N4O2/c14-10-4-1-5-11(15)13(10)16-12(21)8-19-7-9(17-18-19)3-2-6-20/h1,4-5,7,20H,2-3,6,8H2,(H,16,21). The fraction of sp³-hybridized carbons (Fsp3) is 0.308. The van der Waals surface area contributed by atoms with Crippen LogP contribution in [0.15, 0.2) is 24.4 Å². The molecule has 0 unspecified atom stereocenters. The van der Waals surface area contributed by atoms with Gasteiger partial charge in [0.25, 0.3) is 0 Å². The maximum Gasteiger partial charge on any atom is 0.246 e. The summed E-state index contributed by atoms with van der Waals surface area (Å²) >= 11 is 12.0. The molecule has 0 atom stereocenters. The van der Waals surface area contributed by atoms with Gasteiger partial charge in [0.1, 0.15) is 6.54 Å². The number of amides is 1. The molecule has 0 aliphatic carbocycles. The van der Waals surface area contributed by atoms with Crippen LogP contribution >= 0.6 is 23.2 Å². The quantitative estimate of drug-likeness (QED) is 0.851. The number of aliphatic hydroxyl groups excluding tert-OH is 1. The lowest BCUT2D eigenvalue weighted by molar-refractivity contribution is -0.116. The Morgan fingerprint density at radius 3 is 2.71 bits per heavy atom. The normalized spacial score (nSPS) is 10.6. The Bertz CT molecular complexity index is 610. The van der Waals surface area contributed by atoms with Crippen LogP contribution in [0.3, 0.4) is 0 Å². The number of hydrogen-bond donors (Lipinski definition) is 2. The molecule has 0 aliphatic heterocycles. The zero-order chi connectivity index (χ0) is 15.2. The van der Waals surface area contributed by atoms with Crippen LogP contribution in [0, 0.1) is 0 Å². The number of anilines is 1. The van der Waals surface area contributed by atoms with E-state index in [-0.39, 0.29) is 19.1 Å². The maximum atomic E-state index is 12.0. The van der Waals surface area contributed by atoms with E-state index in [2.05, 4.69) is 15.6 Å². The third kappa shape index (κ3) is 4.42. The van der Waals surface area contributed by atoms with Gasteiger partial charge in [0.05, 0.1) is 21.4 Å². The molecule has 0 radical (unpaired) electrons. The van der Waals surface area contributed by atoms with E-state index in [0.717, 1.165) is 5.69 Å². The maximum absolute atomic E-state index is 12.0.